The summed E-state index contributed by atoms with van der Waals surface area (Å²) in [7, 11) is 1.37. The predicted molar refractivity (Wildman–Crippen MR) is 76.2 cm³/mol. The van der Waals surface area contributed by atoms with Gasteiger partial charge in [0.25, 0.3) is 0 Å². The summed E-state index contributed by atoms with van der Waals surface area (Å²) in [6, 6.07) is 6.20. The first-order valence-electron chi connectivity index (χ1n) is 5.99. The van der Waals surface area contributed by atoms with E-state index in [1.807, 2.05) is 0 Å². The molecule has 2 rings (SSSR count). The maximum Gasteiger partial charge on any atom is 0.432 e. The van der Waals surface area contributed by atoms with E-state index in [0.29, 0.717) is 16.9 Å². The highest BCUT2D eigenvalue weighted by Gasteiger charge is 2.37. The smallest absolute Gasteiger partial charge is 0.397 e. The summed E-state index contributed by atoms with van der Waals surface area (Å²) in [4.78, 5) is 0. The van der Waals surface area contributed by atoms with Gasteiger partial charge in [-0.15, -0.1) is 0 Å². The van der Waals surface area contributed by atoms with Crippen LogP contribution in [0.5, 0.6) is 0 Å². The molecule has 0 aliphatic heterocycles. The molecule has 5 nitrogen and oxygen atoms in total. The number of alkyl halides is 3. The quantitative estimate of drug-likeness (QED) is 0.418. The SMILES string of the molecule is Bc1cnn(-c2ccc(/C(N)=C/NN)cc2)c1C(F)(F)F. The highest BCUT2D eigenvalue weighted by atomic mass is 19.4. The number of nitrogens with one attached hydrogen (secondary N) is 1. The molecule has 0 aliphatic rings. The largest absolute Gasteiger partial charge is 0.432 e. The summed E-state index contributed by atoms with van der Waals surface area (Å²) in [5.74, 6) is 5.11. The minimum absolute atomic E-state index is 0.0679. The molecular formula is C12H13BF3N5. The van der Waals surface area contributed by atoms with Crippen LogP contribution in [0, 0.1) is 0 Å². The first-order chi connectivity index (χ1) is 9.84. The van der Waals surface area contributed by atoms with Crippen molar-refractivity contribution >= 4 is 19.0 Å². The van der Waals surface area contributed by atoms with E-state index in [2.05, 4.69) is 10.5 Å². The van der Waals surface area contributed by atoms with Crippen molar-refractivity contribution in [3.63, 3.8) is 0 Å². The molecule has 0 aliphatic carbocycles. The van der Waals surface area contributed by atoms with Crippen LogP contribution < -0.4 is 22.5 Å². The molecule has 0 radical (unpaired) electrons. The number of halogens is 3. The summed E-state index contributed by atoms with van der Waals surface area (Å²) in [5, 5.41) is 3.78. The second-order valence-electron chi connectivity index (χ2n) is 4.40. The molecule has 0 unspecified atom stereocenters. The fourth-order valence-electron chi connectivity index (χ4n) is 1.94. The summed E-state index contributed by atoms with van der Waals surface area (Å²) in [6.07, 6.45) is -1.90. The van der Waals surface area contributed by atoms with E-state index in [9.17, 15) is 13.2 Å². The number of nitrogens with two attached hydrogens (primary N) is 2. The lowest BCUT2D eigenvalue weighted by Crippen LogP contribution is -2.22. The summed E-state index contributed by atoms with van der Waals surface area (Å²) in [5.41, 5.74) is 8.59. The van der Waals surface area contributed by atoms with Crippen LogP contribution >= 0.6 is 0 Å². The Balaban J connectivity index is 2.43. The predicted octanol–water partition coefficient (Wildman–Crippen LogP) is -0.130. The van der Waals surface area contributed by atoms with Gasteiger partial charge >= 0.3 is 6.18 Å². The van der Waals surface area contributed by atoms with Gasteiger partial charge in [-0.05, 0) is 23.2 Å². The zero-order chi connectivity index (χ0) is 15.6. The standard InChI is InChI=1S/C12H13BF3N5/c13-9-5-20-21(11(9)12(14,15)16)8-3-1-7(2-4-8)10(17)6-19-18/h1-6,19H,13,17-18H2/b10-6-. The van der Waals surface area contributed by atoms with Crippen molar-refractivity contribution in [1.82, 2.24) is 15.2 Å². The van der Waals surface area contributed by atoms with Gasteiger partial charge in [0.05, 0.1) is 11.4 Å². The maximum absolute atomic E-state index is 13.0. The maximum atomic E-state index is 13.0. The van der Waals surface area contributed by atoms with E-state index < -0.39 is 11.9 Å². The minimum atomic E-state index is -4.47. The van der Waals surface area contributed by atoms with E-state index in [4.69, 9.17) is 11.6 Å². The van der Waals surface area contributed by atoms with Crippen LogP contribution in [0.3, 0.4) is 0 Å². The highest BCUT2D eigenvalue weighted by Crippen LogP contribution is 2.29. The fourth-order valence-corrected chi connectivity index (χ4v) is 1.94. The Hall–Kier alpha value is -2.42. The molecule has 2 aromatic rings. The number of benzene rings is 1. The van der Waals surface area contributed by atoms with Crippen molar-refractivity contribution in [2.45, 2.75) is 6.18 Å². The van der Waals surface area contributed by atoms with E-state index >= 15 is 0 Å². The molecule has 0 spiro atoms. The first kappa shape index (κ1) is 15.0. The molecule has 0 saturated carbocycles. The third-order valence-electron chi connectivity index (χ3n) is 2.90. The van der Waals surface area contributed by atoms with Crippen molar-refractivity contribution in [2.24, 2.45) is 11.6 Å². The normalized spacial score (nSPS) is 12.5. The van der Waals surface area contributed by atoms with Gasteiger partial charge in [0.15, 0.2) is 0 Å². The van der Waals surface area contributed by atoms with Gasteiger partial charge in [-0.25, -0.2) is 4.68 Å². The second-order valence-corrected chi connectivity index (χ2v) is 4.40. The molecule has 0 bridgehead atoms. The molecule has 110 valence electrons. The number of hydrogen-bond acceptors (Lipinski definition) is 4. The van der Waals surface area contributed by atoms with Crippen molar-refractivity contribution in [1.29, 1.82) is 0 Å². The fraction of sp³-hybridized carbons (Fsp3) is 0.0833. The lowest BCUT2D eigenvalue weighted by molar-refractivity contribution is -0.141. The topological polar surface area (TPSA) is 81.9 Å². The molecule has 1 aromatic carbocycles. The molecule has 21 heavy (non-hydrogen) atoms. The average Bonchev–Trinajstić information content (AvgIpc) is 2.81. The van der Waals surface area contributed by atoms with Crippen LogP contribution in [-0.2, 0) is 6.18 Å². The second kappa shape index (κ2) is 5.53. The Morgan fingerprint density at radius 3 is 2.43 bits per heavy atom. The van der Waals surface area contributed by atoms with Gasteiger partial charge in [0, 0.05) is 12.4 Å². The number of hydrogen-bond donors (Lipinski definition) is 3. The molecule has 1 aromatic heterocycles. The van der Waals surface area contributed by atoms with E-state index in [-0.39, 0.29) is 5.46 Å². The van der Waals surface area contributed by atoms with E-state index in [1.165, 1.54) is 32.4 Å². The highest BCUT2D eigenvalue weighted by molar-refractivity contribution is 6.33. The van der Waals surface area contributed by atoms with E-state index in [0.717, 1.165) is 4.68 Å². The minimum Gasteiger partial charge on any atom is -0.397 e. The Labute approximate surface area is 119 Å². The van der Waals surface area contributed by atoms with Crippen LogP contribution in [0.4, 0.5) is 13.2 Å². The van der Waals surface area contributed by atoms with Crippen molar-refractivity contribution in [3.8, 4) is 5.69 Å². The third kappa shape index (κ3) is 3.02. The van der Waals surface area contributed by atoms with Crippen molar-refractivity contribution in [3.05, 3.63) is 47.9 Å². The van der Waals surface area contributed by atoms with Crippen molar-refractivity contribution < 1.29 is 13.2 Å². The molecule has 0 saturated heterocycles. The molecule has 5 N–H and O–H groups in total. The summed E-state index contributed by atoms with van der Waals surface area (Å²) >= 11 is 0. The molecule has 0 amide bonds. The molecule has 0 atom stereocenters. The van der Waals surface area contributed by atoms with Gasteiger partial charge in [-0.2, -0.15) is 18.3 Å². The Bertz CT molecular complexity index is 661. The Morgan fingerprint density at radius 1 is 1.29 bits per heavy atom. The Kier molecular flexibility index (Phi) is 3.94. The summed E-state index contributed by atoms with van der Waals surface area (Å²) in [6.45, 7) is 0. The number of aromatic nitrogens is 2. The van der Waals surface area contributed by atoms with Crippen molar-refractivity contribution in [2.75, 3.05) is 0 Å². The van der Waals surface area contributed by atoms with Crippen LogP contribution in [0.25, 0.3) is 11.4 Å². The van der Waals surface area contributed by atoms with Crippen LogP contribution in [0.15, 0.2) is 36.7 Å². The van der Waals surface area contributed by atoms with Crippen LogP contribution in [-0.4, -0.2) is 17.6 Å². The van der Waals surface area contributed by atoms with Gasteiger partial charge in [0.1, 0.15) is 13.5 Å². The van der Waals surface area contributed by atoms with Gasteiger partial charge < -0.3 is 11.2 Å². The third-order valence-corrected chi connectivity index (χ3v) is 2.90. The number of nitrogens with zero attached hydrogens (tertiary/aromatic N) is 2. The van der Waals surface area contributed by atoms with Crippen LogP contribution in [0.2, 0.25) is 0 Å². The zero-order valence-corrected chi connectivity index (χ0v) is 11.1. The molecule has 0 fully saturated rings. The lowest BCUT2D eigenvalue weighted by atomic mass is 9.96. The monoisotopic (exact) mass is 295 g/mol. The average molecular weight is 295 g/mol. The first-order valence-corrected chi connectivity index (χ1v) is 5.99. The number of hydrazine groups is 1. The zero-order valence-electron chi connectivity index (χ0n) is 11.1. The van der Waals surface area contributed by atoms with Crippen LogP contribution in [0.1, 0.15) is 11.3 Å². The molecule has 9 heteroatoms. The van der Waals surface area contributed by atoms with Gasteiger partial charge in [-0.3, -0.25) is 5.84 Å². The lowest BCUT2D eigenvalue weighted by Gasteiger charge is -2.12. The van der Waals surface area contributed by atoms with Gasteiger partial charge in [-0.1, -0.05) is 12.1 Å². The van der Waals surface area contributed by atoms with E-state index in [1.54, 1.807) is 12.1 Å². The summed E-state index contributed by atoms with van der Waals surface area (Å²) < 4.78 is 39.9. The number of rotatable bonds is 3. The Morgan fingerprint density at radius 2 is 1.90 bits per heavy atom. The van der Waals surface area contributed by atoms with Gasteiger partial charge in [0.2, 0.25) is 0 Å². The molecule has 1 heterocycles. The molecular weight excluding hydrogens is 282 g/mol.